The number of hydrogen-bond donors (Lipinski definition) is 0. The summed E-state index contributed by atoms with van der Waals surface area (Å²) in [5.41, 5.74) is 1.49. The van der Waals surface area contributed by atoms with Crippen LogP contribution in [0.4, 0.5) is 0 Å². The minimum Gasteiger partial charge on any atom is -0.496 e. The highest BCUT2D eigenvalue weighted by Gasteiger charge is 2.30. The van der Waals surface area contributed by atoms with E-state index < -0.39 is 10.2 Å². The zero-order chi connectivity index (χ0) is 17.2. The first kappa shape index (κ1) is 17.7. The Bertz CT molecular complexity index is 680. The largest absolute Gasteiger partial charge is 0.496 e. The van der Waals surface area contributed by atoms with Crippen molar-refractivity contribution >= 4 is 16.1 Å². The van der Waals surface area contributed by atoms with Gasteiger partial charge in [0.1, 0.15) is 5.75 Å². The molecule has 0 saturated carbocycles. The summed E-state index contributed by atoms with van der Waals surface area (Å²) in [7, 11) is 1.19. The standard InChI is InChI=1S/C15H23N3O4S/c1-12-11-13(5-6-14(12)22-4)15(19)17-7-9-18(10-8-17)23(20,21)16(2)3/h5-6,11H,7-10H2,1-4H3. The van der Waals surface area contributed by atoms with Crippen LogP contribution >= 0.6 is 0 Å². The van der Waals surface area contributed by atoms with E-state index in [0.29, 0.717) is 31.7 Å². The molecule has 1 aliphatic heterocycles. The average Bonchev–Trinajstić information content (AvgIpc) is 2.54. The van der Waals surface area contributed by atoms with Gasteiger partial charge in [-0.1, -0.05) is 0 Å². The number of benzene rings is 1. The fourth-order valence-corrected chi connectivity index (χ4v) is 3.63. The van der Waals surface area contributed by atoms with Crippen molar-refractivity contribution in [1.29, 1.82) is 0 Å². The van der Waals surface area contributed by atoms with E-state index in [1.54, 1.807) is 30.2 Å². The van der Waals surface area contributed by atoms with Crippen LogP contribution < -0.4 is 4.74 Å². The van der Waals surface area contributed by atoms with Gasteiger partial charge < -0.3 is 9.64 Å². The molecule has 8 heteroatoms. The number of carbonyl (C=O) groups is 1. The molecule has 1 aliphatic rings. The summed E-state index contributed by atoms with van der Waals surface area (Å²) < 4.78 is 32.0. The number of carbonyl (C=O) groups excluding carboxylic acids is 1. The normalized spacial score (nSPS) is 16.7. The Morgan fingerprint density at radius 2 is 1.78 bits per heavy atom. The lowest BCUT2D eigenvalue weighted by Crippen LogP contribution is -2.53. The molecule has 128 valence electrons. The molecule has 1 fully saturated rings. The maximum Gasteiger partial charge on any atom is 0.281 e. The zero-order valence-corrected chi connectivity index (χ0v) is 14.8. The second-order valence-electron chi connectivity index (χ2n) is 5.67. The van der Waals surface area contributed by atoms with Crippen molar-refractivity contribution in [1.82, 2.24) is 13.5 Å². The molecule has 1 saturated heterocycles. The number of rotatable bonds is 4. The van der Waals surface area contributed by atoms with Gasteiger partial charge in [-0.2, -0.15) is 17.0 Å². The third-order valence-electron chi connectivity index (χ3n) is 3.96. The minimum absolute atomic E-state index is 0.0855. The Labute approximate surface area is 137 Å². The number of aryl methyl sites for hydroxylation is 1. The Balaban J connectivity index is 2.05. The first-order chi connectivity index (χ1) is 10.8. The number of methoxy groups -OCH3 is 1. The van der Waals surface area contributed by atoms with Crippen LogP contribution in [0.5, 0.6) is 5.75 Å². The first-order valence-corrected chi connectivity index (χ1v) is 8.78. The molecule has 0 aromatic heterocycles. The highest BCUT2D eigenvalue weighted by Crippen LogP contribution is 2.20. The van der Waals surface area contributed by atoms with Crippen molar-refractivity contribution in [3.05, 3.63) is 29.3 Å². The van der Waals surface area contributed by atoms with E-state index in [0.717, 1.165) is 11.3 Å². The van der Waals surface area contributed by atoms with E-state index in [-0.39, 0.29) is 5.91 Å². The molecule has 1 amide bonds. The quantitative estimate of drug-likeness (QED) is 0.803. The smallest absolute Gasteiger partial charge is 0.281 e. The van der Waals surface area contributed by atoms with Crippen LogP contribution in [0, 0.1) is 6.92 Å². The maximum absolute atomic E-state index is 12.5. The van der Waals surface area contributed by atoms with Crippen LogP contribution in [0.15, 0.2) is 18.2 Å². The summed E-state index contributed by atoms with van der Waals surface area (Å²) >= 11 is 0. The molecule has 0 aliphatic carbocycles. The van der Waals surface area contributed by atoms with Gasteiger partial charge in [-0.15, -0.1) is 0 Å². The maximum atomic E-state index is 12.5. The number of hydrogen-bond acceptors (Lipinski definition) is 4. The van der Waals surface area contributed by atoms with Crippen LogP contribution in [-0.4, -0.2) is 75.2 Å². The SMILES string of the molecule is COc1ccc(C(=O)N2CCN(S(=O)(=O)N(C)C)CC2)cc1C. The Morgan fingerprint density at radius 3 is 2.26 bits per heavy atom. The molecule has 1 heterocycles. The van der Waals surface area contributed by atoms with Crippen molar-refractivity contribution < 1.29 is 17.9 Å². The third-order valence-corrected chi connectivity index (χ3v) is 5.90. The van der Waals surface area contributed by atoms with Crippen LogP contribution in [0.2, 0.25) is 0 Å². The number of ether oxygens (including phenoxy) is 1. The lowest BCUT2D eigenvalue weighted by molar-refractivity contribution is 0.0695. The molecule has 23 heavy (non-hydrogen) atoms. The van der Waals surface area contributed by atoms with Crippen molar-refractivity contribution in [3.63, 3.8) is 0 Å². The van der Waals surface area contributed by atoms with Crippen molar-refractivity contribution in [2.24, 2.45) is 0 Å². The van der Waals surface area contributed by atoms with E-state index in [1.165, 1.54) is 22.7 Å². The van der Waals surface area contributed by atoms with E-state index in [9.17, 15) is 13.2 Å². The molecule has 1 aromatic carbocycles. The molecule has 0 unspecified atom stereocenters. The summed E-state index contributed by atoms with van der Waals surface area (Å²) in [4.78, 5) is 14.2. The van der Waals surface area contributed by atoms with Gasteiger partial charge in [0, 0.05) is 45.8 Å². The number of piperazine rings is 1. The molecule has 1 aromatic rings. The van der Waals surface area contributed by atoms with Crippen molar-refractivity contribution in [2.45, 2.75) is 6.92 Å². The lowest BCUT2D eigenvalue weighted by atomic mass is 10.1. The molecule has 0 atom stereocenters. The van der Waals surface area contributed by atoms with E-state index >= 15 is 0 Å². The summed E-state index contributed by atoms with van der Waals surface area (Å²) in [6.07, 6.45) is 0. The predicted octanol–water partition coefficient (Wildman–Crippen LogP) is 0.568. The molecule has 0 bridgehead atoms. The van der Waals surface area contributed by atoms with Gasteiger partial charge in [0.05, 0.1) is 7.11 Å². The second-order valence-corrected chi connectivity index (χ2v) is 7.81. The summed E-state index contributed by atoms with van der Waals surface area (Å²) in [5.74, 6) is 0.654. The van der Waals surface area contributed by atoms with Gasteiger partial charge in [-0.3, -0.25) is 4.79 Å². The van der Waals surface area contributed by atoms with Crippen molar-refractivity contribution in [2.75, 3.05) is 47.4 Å². The van der Waals surface area contributed by atoms with Gasteiger partial charge in [-0.25, -0.2) is 0 Å². The van der Waals surface area contributed by atoms with Gasteiger partial charge in [0.25, 0.3) is 16.1 Å². The van der Waals surface area contributed by atoms with Crippen LogP contribution in [0.3, 0.4) is 0 Å². The van der Waals surface area contributed by atoms with Crippen LogP contribution in [0.1, 0.15) is 15.9 Å². The average molecular weight is 341 g/mol. The second kappa shape index (κ2) is 6.86. The summed E-state index contributed by atoms with van der Waals surface area (Å²) in [6, 6.07) is 5.30. The topological polar surface area (TPSA) is 70.2 Å². The first-order valence-electron chi connectivity index (χ1n) is 7.39. The Morgan fingerprint density at radius 1 is 1.17 bits per heavy atom. The highest BCUT2D eigenvalue weighted by atomic mass is 32.2. The number of nitrogens with zero attached hydrogens (tertiary/aromatic N) is 3. The molecular formula is C15H23N3O4S. The minimum atomic E-state index is -3.42. The summed E-state index contributed by atoms with van der Waals surface area (Å²) in [5, 5.41) is 0. The summed E-state index contributed by atoms with van der Waals surface area (Å²) in [6.45, 7) is 3.27. The van der Waals surface area contributed by atoms with E-state index in [4.69, 9.17) is 4.74 Å². The Kier molecular flexibility index (Phi) is 5.28. The predicted molar refractivity (Wildman–Crippen MR) is 87.8 cm³/mol. The number of amides is 1. The fourth-order valence-electron chi connectivity index (χ4n) is 2.55. The molecular weight excluding hydrogens is 318 g/mol. The third kappa shape index (κ3) is 3.65. The van der Waals surface area contributed by atoms with E-state index in [1.807, 2.05) is 6.92 Å². The van der Waals surface area contributed by atoms with Gasteiger partial charge >= 0.3 is 0 Å². The zero-order valence-electron chi connectivity index (χ0n) is 13.9. The highest BCUT2D eigenvalue weighted by molar-refractivity contribution is 7.86. The molecule has 0 radical (unpaired) electrons. The fraction of sp³-hybridized carbons (Fsp3) is 0.533. The van der Waals surface area contributed by atoms with Gasteiger partial charge in [0.15, 0.2) is 0 Å². The lowest BCUT2D eigenvalue weighted by Gasteiger charge is -2.35. The van der Waals surface area contributed by atoms with Crippen molar-refractivity contribution in [3.8, 4) is 5.75 Å². The monoisotopic (exact) mass is 341 g/mol. The van der Waals surface area contributed by atoms with Crippen LogP contribution in [0.25, 0.3) is 0 Å². The molecule has 0 N–H and O–H groups in total. The van der Waals surface area contributed by atoms with Crippen LogP contribution in [-0.2, 0) is 10.2 Å². The van der Waals surface area contributed by atoms with Gasteiger partial charge in [-0.05, 0) is 30.7 Å². The molecule has 2 rings (SSSR count). The Hall–Kier alpha value is -1.64. The van der Waals surface area contributed by atoms with E-state index in [2.05, 4.69) is 0 Å². The molecule has 7 nitrogen and oxygen atoms in total. The van der Waals surface area contributed by atoms with Gasteiger partial charge in [0.2, 0.25) is 0 Å². The molecule has 0 spiro atoms.